The Morgan fingerprint density at radius 1 is 1.15 bits per heavy atom. The number of benzene rings is 1. The maximum atomic E-state index is 4.59. The third kappa shape index (κ3) is 2.89. The van der Waals surface area contributed by atoms with Crippen LogP contribution < -0.4 is 5.32 Å². The second-order valence-corrected chi connectivity index (χ2v) is 5.42. The van der Waals surface area contributed by atoms with Crippen molar-refractivity contribution < 1.29 is 0 Å². The molecule has 2 atom stereocenters. The zero-order chi connectivity index (χ0) is 13.8. The van der Waals surface area contributed by atoms with Crippen molar-refractivity contribution in [3.8, 4) is 0 Å². The molecule has 1 N–H and O–H groups in total. The number of nitrogens with one attached hydrogen (secondary N) is 1. The molecule has 0 amide bonds. The molecule has 2 aromatic rings. The molecule has 2 heterocycles. The van der Waals surface area contributed by atoms with E-state index in [1.54, 1.807) is 0 Å². The van der Waals surface area contributed by atoms with Crippen LogP contribution in [-0.4, -0.2) is 35.6 Å². The molecule has 3 rings (SSSR count). The van der Waals surface area contributed by atoms with E-state index >= 15 is 0 Å². The van der Waals surface area contributed by atoms with Gasteiger partial charge in [-0.1, -0.05) is 36.4 Å². The van der Waals surface area contributed by atoms with E-state index in [9.17, 15) is 0 Å². The topological polar surface area (TPSA) is 28.2 Å². The predicted octanol–water partition coefficient (Wildman–Crippen LogP) is 2.46. The van der Waals surface area contributed by atoms with E-state index in [0.29, 0.717) is 6.04 Å². The number of nitrogens with zero attached hydrogens (tertiary/aromatic N) is 2. The first-order valence-corrected chi connectivity index (χ1v) is 7.28. The fraction of sp³-hybridized carbons (Fsp3) is 0.353. The summed E-state index contributed by atoms with van der Waals surface area (Å²) in [7, 11) is 0. The van der Waals surface area contributed by atoms with Crippen LogP contribution in [0, 0.1) is 0 Å². The van der Waals surface area contributed by atoms with E-state index in [4.69, 9.17) is 0 Å². The Hall–Kier alpha value is -1.71. The van der Waals surface area contributed by atoms with E-state index in [0.717, 1.165) is 25.3 Å². The lowest BCUT2D eigenvalue weighted by Gasteiger charge is -2.37. The van der Waals surface area contributed by atoms with Crippen LogP contribution in [0.1, 0.15) is 24.2 Å². The summed E-state index contributed by atoms with van der Waals surface area (Å²) < 4.78 is 0. The quantitative estimate of drug-likeness (QED) is 0.926. The monoisotopic (exact) mass is 267 g/mol. The molecule has 1 aromatic heterocycles. The van der Waals surface area contributed by atoms with Gasteiger partial charge in [0.1, 0.15) is 0 Å². The Labute approximate surface area is 120 Å². The number of aromatic nitrogens is 1. The summed E-state index contributed by atoms with van der Waals surface area (Å²) in [6.07, 6.45) is 1.89. The standard InChI is InChI=1S/C17H21N3/c1-14-13-20(12-11-18-14)17(15-7-3-2-4-8-15)16-9-5-6-10-19-16/h2-10,14,17-18H,11-13H2,1H3. The van der Waals surface area contributed by atoms with E-state index in [1.807, 2.05) is 12.3 Å². The molecule has 2 unspecified atom stereocenters. The minimum absolute atomic E-state index is 0.252. The summed E-state index contributed by atoms with van der Waals surface area (Å²) in [5, 5.41) is 3.51. The van der Waals surface area contributed by atoms with Crippen molar-refractivity contribution in [2.75, 3.05) is 19.6 Å². The third-order valence-corrected chi connectivity index (χ3v) is 3.85. The molecule has 0 aliphatic carbocycles. The van der Waals surface area contributed by atoms with Crippen LogP contribution in [0.3, 0.4) is 0 Å². The minimum Gasteiger partial charge on any atom is -0.312 e. The molecule has 1 aromatic carbocycles. The summed E-state index contributed by atoms with van der Waals surface area (Å²) in [6, 6.07) is 17.6. The molecule has 3 heteroatoms. The highest BCUT2D eigenvalue weighted by Crippen LogP contribution is 2.27. The van der Waals surface area contributed by atoms with E-state index in [-0.39, 0.29) is 6.04 Å². The lowest BCUT2D eigenvalue weighted by molar-refractivity contribution is 0.167. The van der Waals surface area contributed by atoms with Crippen LogP contribution in [-0.2, 0) is 0 Å². The maximum absolute atomic E-state index is 4.59. The van der Waals surface area contributed by atoms with Crippen LogP contribution in [0.2, 0.25) is 0 Å². The van der Waals surface area contributed by atoms with Gasteiger partial charge in [-0.2, -0.15) is 0 Å². The highest BCUT2D eigenvalue weighted by molar-refractivity contribution is 5.28. The lowest BCUT2D eigenvalue weighted by atomic mass is 10.00. The van der Waals surface area contributed by atoms with E-state index in [1.165, 1.54) is 5.56 Å². The normalized spacial score (nSPS) is 21.6. The van der Waals surface area contributed by atoms with Gasteiger partial charge in [-0.15, -0.1) is 0 Å². The summed E-state index contributed by atoms with van der Waals surface area (Å²) in [5.41, 5.74) is 2.45. The Bertz CT molecular complexity index is 487. The summed E-state index contributed by atoms with van der Waals surface area (Å²) >= 11 is 0. The molecule has 0 radical (unpaired) electrons. The van der Waals surface area contributed by atoms with Gasteiger partial charge in [-0.3, -0.25) is 9.88 Å². The maximum Gasteiger partial charge on any atom is 0.0777 e. The first-order chi connectivity index (χ1) is 9.84. The van der Waals surface area contributed by atoms with Crippen molar-refractivity contribution in [1.82, 2.24) is 15.2 Å². The van der Waals surface area contributed by atoms with Gasteiger partial charge >= 0.3 is 0 Å². The van der Waals surface area contributed by atoms with Gasteiger partial charge in [-0.25, -0.2) is 0 Å². The fourth-order valence-electron chi connectivity index (χ4n) is 2.94. The van der Waals surface area contributed by atoms with Crippen LogP contribution in [0.25, 0.3) is 0 Å². The first kappa shape index (κ1) is 13.3. The van der Waals surface area contributed by atoms with Gasteiger partial charge in [0.05, 0.1) is 11.7 Å². The number of rotatable bonds is 3. The van der Waals surface area contributed by atoms with Gasteiger partial charge in [0.15, 0.2) is 0 Å². The van der Waals surface area contributed by atoms with Gasteiger partial charge in [0.25, 0.3) is 0 Å². The van der Waals surface area contributed by atoms with Gasteiger partial charge < -0.3 is 5.32 Å². The molecule has 0 saturated carbocycles. The highest BCUT2D eigenvalue weighted by atomic mass is 15.2. The number of piperazine rings is 1. The summed E-state index contributed by atoms with van der Waals surface area (Å²) in [6.45, 7) is 5.39. The van der Waals surface area contributed by atoms with Crippen LogP contribution in [0.4, 0.5) is 0 Å². The fourth-order valence-corrected chi connectivity index (χ4v) is 2.94. The molecular formula is C17H21N3. The third-order valence-electron chi connectivity index (χ3n) is 3.85. The van der Waals surface area contributed by atoms with Crippen LogP contribution >= 0.6 is 0 Å². The van der Waals surface area contributed by atoms with Gasteiger partial charge in [0.2, 0.25) is 0 Å². The average Bonchev–Trinajstić information content (AvgIpc) is 2.50. The van der Waals surface area contributed by atoms with Crippen molar-refractivity contribution >= 4 is 0 Å². The predicted molar refractivity (Wildman–Crippen MR) is 81.6 cm³/mol. The van der Waals surface area contributed by atoms with Gasteiger partial charge in [0, 0.05) is 31.9 Å². The minimum atomic E-state index is 0.252. The van der Waals surface area contributed by atoms with Crippen molar-refractivity contribution in [2.45, 2.75) is 19.0 Å². The molecule has 1 saturated heterocycles. The molecule has 3 nitrogen and oxygen atoms in total. The molecule has 1 aliphatic rings. The average molecular weight is 267 g/mol. The second-order valence-electron chi connectivity index (χ2n) is 5.42. The smallest absolute Gasteiger partial charge is 0.0777 e. The molecular weight excluding hydrogens is 246 g/mol. The van der Waals surface area contributed by atoms with Crippen LogP contribution in [0.5, 0.6) is 0 Å². The van der Waals surface area contributed by atoms with Crippen LogP contribution in [0.15, 0.2) is 54.7 Å². The summed E-state index contributed by atoms with van der Waals surface area (Å²) in [5.74, 6) is 0. The van der Waals surface area contributed by atoms with Gasteiger partial charge in [-0.05, 0) is 24.6 Å². The largest absolute Gasteiger partial charge is 0.312 e. The zero-order valence-electron chi connectivity index (χ0n) is 11.9. The number of hydrogen-bond donors (Lipinski definition) is 1. The molecule has 104 valence electrons. The van der Waals surface area contributed by atoms with Crippen molar-refractivity contribution in [1.29, 1.82) is 0 Å². The van der Waals surface area contributed by atoms with Crippen molar-refractivity contribution in [2.24, 2.45) is 0 Å². The number of pyridine rings is 1. The Balaban J connectivity index is 1.95. The van der Waals surface area contributed by atoms with Crippen molar-refractivity contribution in [3.05, 3.63) is 66.0 Å². The molecule has 1 fully saturated rings. The molecule has 1 aliphatic heterocycles. The Morgan fingerprint density at radius 3 is 2.65 bits per heavy atom. The highest BCUT2D eigenvalue weighted by Gasteiger charge is 2.26. The first-order valence-electron chi connectivity index (χ1n) is 7.28. The van der Waals surface area contributed by atoms with Crippen molar-refractivity contribution in [3.63, 3.8) is 0 Å². The number of hydrogen-bond acceptors (Lipinski definition) is 3. The zero-order valence-corrected chi connectivity index (χ0v) is 11.9. The molecule has 20 heavy (non-hydrogen) atoms. The van der Waals surface area contributed by atoms with E-state index < -0.39 is 0 Å². The second kappa shape index (κ2) is 6.16. The lowest BCUT2D eigenvalue weighted by Crippen LogP contribution is -2.50. The molecule has 0 spiro atoms. The SMILES string of the molecule is CC1CN(C(c2ccccc2)c2ccccn2)CCN1. The summed E-state index contributed by atoms with van der Waals surface area (Å²) in [4.78, 5) is 7.12. The molecule has 0 bridgehead atoms. The van der Waals surface area contributed by atoms with E-state index in [2.05, 4.69) is 64.6 Å². The Morgan fingerprint density at radius 2 is 1.95 bits per heavy atom. The Kier molecular flexibility index (Phi) is 4.09.